The lowest BCUT2D eigenvalue weighted by Gasteiger charge is -2.17. The van der Waals surface area contributed by atoms with Crippen LogP contribution in [0.15, 0.2) is 24.3 Å². The third-order valence-corrected chi connectivity index (χ3v) is 5.67. The van der Waals surface area contributed by atoms with Crippen LogP contribution >= 0.6 is 0 Å². The van der Waals surface area contributed by atoms with Crippen LogP contribution in [0.5, 0.6) is 0 Å². The van der Waals surface area contributed by atoms with Gasteiger partial charge in [-0.15, -0.1) is 0 Å². The minimum Gasteiger partial charge on any atom is -0.374 e. The van der Waals surface area contributed by atoms with Gasteiger partial charge in [0.25, 0.3) is 0 Å². The molecule has 0 unspecified atom stereocenters. The van der Waals surface area contributed by atoms with Crippen LogP contribution in [0.3, 0.4) is 0 Å². The highest BCUT2D eigenvalue weighted by atomic mass is 28.3. The van der Waals surface area contributed by atoms with Crippen molar-refractivity contribution >= 4 is 13.3 Å². The molecule has 0 aromatic heterocycles. The second-order valence-electron chi connectivity index (χ2n) is 6.16. The van der Waals surface area contributed by atoms with E-state index in [0.717, 1.165) is 6.61 Å². The van der Waals surface area contributed by atoms with Gasteiger partial charge in [-0.2, -0.15) is 0 Å². The second kappa shape index (κ2) is 5.36. The average Bonchev–Trinajstić information content (AvgIpc) is 2.78. The average molecular weight is 248 g/mol. The van der Waals surface area contributed by atoms with Crippen molar-refractivity contribution in [3.05, 3.63) is 29.8 Å². The van der Waals surface area contributed by atoms with E-state index in [1.54, 1.807) is 0 Å². The van der Waals surface area contributed by atoms with Crippen molar-refractivity contribution in [2.75, 3.05) is 0 Å². The van der Waals surface area contributed by atoms with E-state index < -0.39 is 8.07 Å². The first kappa shape index (κ1) is 12.8. The quantitative estimate of drug-likeness (QED) is 0.738. The van der Waals surface area contributed by atoms with Crippen molar-refractivity contribution in [2.24, 2.45) is 0 Å². The summed E-state index contributed by atoms with van der Waals surface area (Å²) in [5.41, 5.74) is 1.32. The van der Waals surface area contributed by atoms with Gasteiger partial charge in [0, 0.05) is 0 Å². The van der Waals surface area contributed by atoms with Crippen molar-refractivity contribution < 1.29 is 4.74 Å². The van der Waals surface area contributed by atoms with E-state index in [4.69, 9.17) is 4.74 Å². The molecule has 1 aromatic carbocycles. The predicted octanol–water partition coefficient (Wildman–Crippen LogP) is 3.69. The van der Waals surface area contributed by atoms with Gasteiger partial charge in [0.2, 0.25) is 0 Å². The highest BCUT2D eigenvalue weighted by Gasteiger charge is 2.17. The van der Waals surface area contributed by atoms with Crippen LogP contribution in [0.2, 0.25) is 19.6 Å². The molecule has 0 amide bonds. The Labute approximate surface area is 106 Å². The van der Waals surface area contributed by atoms with Gasteiger partial charge in [0.15, 0.2) is 0 Å². The van der Waals surface area contributed by atoms with Crippen molar-refractivity contribution in [3.63, 3.8) is 0 Å². The maximum Gasteiger partial charge on any atom is 0.0775 e. The number of hydrogen-bond acceptors (Lipinski definition) is 1. The lowest BCUT2D eigenvalue weighted by molar-refractivity contribution is 0.0457. The van der Waals surface area contributed by atoms with Crippen LogP contribution in [-0.4, -0.2) is 14.2 Å². The van der Waals surface area contributed by atoms with Crippen LogP contribution in [0.1, 0.15) is 31.2 Å². The summed E-state index contributed by atoms with van der Waals surface area (Å²) in [7, 11) is -1.15. The summed E-state index contributed by atoms with van der Waals surface area (Å²) in [4.78, 5) is 0. The summed E-state index contributed by atoms with van der Waals surface area (Å²) in [6, 6.07) is 9.06. The second-order valence-corrected chi connectivity index (χ2v) is 11.2. The Balaban J connectivity index is 1.89. The summed E-state index contributed by atoms with van der Waals surface area (Å²) in [6.07, 6.45) is 5.73. The first-order chi connectivity index (χ1) is 8.05. The van der Waals surface area contributed by atoms with Gasteiger partial charge < -0.3 is 4.74 Å². The van der Waals surface area contributed by atoms with Gasteiger partial charge in [-0.3, -0.25) is 0 Å². The Kier molecular flexibility index (Phi) is 4.05. The van der Waals surface area contributed by atoms with E-state index in [-0.39, 0.29) is 0 Å². The molecule has 94 valence electrons. The van der Waals surface area contributed by atoms with E-state index in [1.165, 1.54) is 36.4 Å². The van der Waals surface area contributed by atoms with E-state index in [2.05, 4.69) is 43.9 Å². The first-order valence-corrected chi connectivity index (χ1v) is 10.3. The summed E-state index contributed by atoms with van der Waals surface area (Å²) in [5, 5.41) is 1.53. The predicted molar refractivity (Wildman–Crippen MR) is 76.5 cm³/mol. The maximum atomic E-state index is 5.93. The van der Waals surface area contributed by atoms with E-state index in [0.29, 0.717) is 6.10 Å². The van der Waals surface area contributed by atoms with Crippen molar-refractivity contribution in [1.82, 2.24) is 0 Å². The molecule has 1 aliphatic carbocycles. The molecule has 2 heteroatoms. The maximum absolute atomic E-state index is 5.93. The Morgan fingerprint density at radius 2 is 1.65 bits per heavy atom. The standard InChI is InChI=1S/C15H24OSi/c1-17(2,3)15-10-8-13(9-11-15)12-16-14-6-4-5-7-14/h8-11,14H,4-7,12H2,1-3H3. The van der Waals surface area contributed by atoms with Gasteiger partial charge in [-0.05, 0) is 18.4 Å². The lowest BCUT2D eigenvalue weighted by Crippen LogP contribution is -2.37. The highest BCUT2D eigenvalue weighted by Crippen LogP contribution is 2.21. The van der Waals surface area contributed by atoms with Crippen molar-refractivity contribution in [2.45, 2.75) is 58.0 Å². The molecule has 0 atom stereocenters. The van der Waals surface area contributed by atoms with Crippen LogP contribution in [-0.2, 0) is 11.3 Å². The minimum absolute atomic E-state index is 0.520. The van der Waals surface area contributed by atoms with Crippen LogP contribution in [0, 0.1) is 0 Å². The summed E-state index contributed by atoms with van der Waals surface area (Å²) in [5.74, 6) is 0. The summed E-state index contributed by atoms with van der Waals surface area (Å²) >= 11 is 0. The third kappa shape index (κ3) is 3.68. The molecule has 0 radical (unpaired) electrons. The molecule has 0 saturated heterocycles. The Morgan fingerprint density at radius 3 is 2.18 bits per heavy atom. The zero-order chi connectivity index (χ0) is 12.3. The molecule has 1 aliphatic rings. The fourth-order valence-electron chi connectivity index (χ4n) is 2.37. The van der Waals surface area contributed by atoms with Gasteiger partial charge in [0.1, 0.15) is 0 Å². The van der Waals surface area contributed by atoms with E-state index in [1.807, 2.05) is 0 Å². The molecule has 1 saturated carbocycles. The smallest absolute Gasteiger partial charge is 0.0775 e. The largest absolute Gasteiger partial charge is 0.374 e. The first-order valence-electron chi connectivity index (χ1n) is 6.77. The van der Waals surface area contributed by atoms with Gasteiger partial charge in [-0.1, -0.05) is 61.9 Å². The number of hydrogen-bond donors (Lipinski definition) is 0. The third-order valence-electron chi connectivity index (χ3n) is 3.61. The molecular weight excluding hydrogens is 224 g/mol. The number of rotatable bonds is 4. The number of ether oxygens (including phenoxy) is 1. The van der Waals surface area contributed by atoms with E-state index in [9.17, 15) is 0 Å². The highest BCUT2D eigenvalue weighted by molar-refractivity contribution is 6.88. The van der Waals surface area contributed by atoms with Crippen LogP contribution in [0.25, 0.3) is 0 Å². The molecular formula is C15H24OSi. The zero-order valence-corrected chi connectivity index (χ0v) is 12.3. The van der Waals surface area contributed by atoms with Gasteiger partial charge in [-0.25, -0.2) is 0 Å². The SMILES string of the molecule is C[Si](C)(C)c1ccc(COC2CCCC2)cc1. The van der Waals surface area contributed by atoms with Crippen molar-refractivity contribution in [3.8, 4) is 0 Å². The molecule has 17 heavy (non-hydrogen) atoms. The van der Waals surface area contributed by atoms with Crippen LogP contribution < -0.4 is 5.19 Å². The molecule has 0 aliphatic heterocycles. The molecule has 0 N–H and O–H groups in total. The molecule has 1 nitrogen and oxygen atoms in total. The fourth-order valence-corrected chi connectivity index (χ4v) is 3.54. The van der Waals surface area contributed by atoms with Gasteiger partial charge in [0.05, 0.1) is 20.8 Å². The molecule has 2 rings (SSSR count). The Hall–Kier alpha value is -0.603. The summed E-state index contributed by atoms with van der Waals surface area (Å²) in [6.45, 7) is 7.95. The fraction of sp³-hybridized carbons (Fsp3) is 0.600. The zero-order valence-electron chi connectivity index (χ0n) is 11.3. The molecule has 0 heterocycles. The van der Waals surface area contributed by atoms with E-state index >= 15 is 0 Å². The lowest BCUT2D eigenvalue weighted by atomic mass is 10.2. The molecule has 1 fully saturated rings. The molecule has 0 spiro atoms. The van der Waals surface area contributed by atoms with Crippen molar-refractivity contribution in [1.29, 1.82) is 0 Å². The topological polar surface area (TPSA) is 9.23 Å². The molecule has 0 bridgehead atoms. The Morgan fingerprint density at radius 1 is 1.06 bits per heavy atom. The summed E-state index contributed by atoms with van der Waals surface area (Å²) < 4.78 is 5.93. The van der Waals surface area contributed by atoms with Gasteiger partial charge >= 0.3 is 0 Å². The Bertz CT molecular complexity index is 344. The molecule has 1 aromatic rings. The normalized spacial score (nSPS) is 17.6. The van der Waals surface area contributed by atoms with Crippen LogP contribution in [0.4, 0.5) is 0 Å². The number of benzene rings is 1. The minimum atomic E-state index is -1.15. The monoisotopic (exact) mass is 248 g/mol.